The number of hydrogen-bond acceptors (Lipinski definition) is 2. The van der Waals surface area contributed by atoms with Crippen LogP contribution in [0.2, 0.25) is 15.3 Å². The average molecular weight is 320 g/mol. The molecule has 0 atom stereocenters. The van der Waals surface area contributed by atoms with Gasteiger partial charge < -0.3 is 5.32 Å². The molecule has 0 spiro atoms. The summed E-state index contributed by atoms with van der Waals surface area (Å²) in [6.07, 6.45) is 0. The van der Waals surface area contributed by atoms with E-state index in [4.69, 9.17) is 34.8 Å². The van der Waals surface area contributed by atoms with Crippen LogP contribution in [0, 0.1) is 12.7 Å². The topological polar surface area (TPSA) is 24.9 Å². The van der Waals surface area contributed by atoms with Crippen molar-refractivity contribution in [3.05, 3.63) is 56.5 Å². The van der Waals surface area contributed by atoms with Gasteiger partial charge in [0.2, 0.25) is 0 Å². The molecule has 100 valence electrons. The van der Waals surface area contributed by atoms with Gasteiger partial charge in [-0.1, -0.05) is 46.9 Å². The van der Waals surface area contributed by atoms with Gasteiger partial charge in [0.15, 0.2) is 5.15 Å². The molecule has 1 aromatic heterocycles. The van der Waals surface area contributed by atoms with Gasteiger partial charge in [0, 0.05) is 12.1 Å². The van der Waals surface area contributed by atoms with Crippen molar-refractivity contribution >= 4 is 40.5 Å². The normalized spacial score (nSPS) is 10.6. The number of nitrogens with one attached hydrogen (secondary N) is 1. The SMILES string of the molecule is Cc1cc(Cl)nc(Cl)c1NCc1cccc(Cl)c1F. The molecule has 0 aliphatic heterocycles. The van der Waals surface area contributed by atoms with E-state index in [0.717, 1.165) is 5.56 Å². The smallest absolute Gasteiger partial charge is 0.154 e. The highest BCUT2D eigenvalue weighted by atomic mass is 35.5. The standard InChI is InChI=1S/C13H10Cl3FN2/c1-7-5-10(15)19-13(16)12(7)18-6-8-3-2-4-9(14)11(8)17/h2-5,18H,6H2,1H3. The molecule has 0 aliphatic rings. The van der Waals surface area contributed by atoms with Gasteiger partial charge in [-0.25, -0.2) is 9.37 Å². The van der Waals surface area contributed by atoms with Crippen LogP contribution in [0.1, 0.15) is 11.1 Å². The molecule has 19 heavy (non-hydrogen) atoms. The molecule has 0 radical (unpaired) electrons. The number of anilines is 1. The number of halogens is 4. The molecule has 0 amide bonds. The van der Waals surface area contributed by atoms with Gasteiger partial charge >= 0.3 is 0 Å². The number of rotatable bonds is 3. The first-order valence-corrected chi connectivity index (χ1v) is 6.62. The summed E-state index contributed by atoms with van der Waals surface area (Å²) in [6, 6.07) is 6.53. The zero-order valence-corrected chi connectivity index (χ0v) is 12.2. The molecule has 1 aromatic carbocycles. The molecular formula is C13H10Cl3FN2. The second-order valence-electron chi connectivity index (χ2n) is 3.99. The van der Waals surface area contributed by atoms with Crippen LogP contribution in [-0.4, -0.2) is 4.98 Å². The lowest BCUT2D eigenvalue weighted by molar-refractivity contribution is 0.613. The molecule has 0 saturated carbocycles. The first-order valence-electron chi connectivity index (χ1n) is 5.48. The van der Waals surface area contributed by atoms with E-state index in [1.165, 1.54) is 6.07 Å². The fourth-order valence-corrected chi connectivity index (χ4v) is 2.47. The number of aryl methyl sites for hydroxylation is 1. The third-order valence-corrected chi connectivity index (χ3v) is 3.39. The van der Waals surface area contributed by atoms with Crippen LogP contribution in [0.15, 0.2) is 24.3 Å². The molecule has 0 saturated heterocycles. The average Bonchev–Trinajstić information content (AvgIpc) is 2.33. The van der Waals surface area contributed by atoms with E-state index in [9.17, 15) is 4.39 Å². The molecule has 1 heterocycles. The summed E-state index contributed by atoms with van der Waals surface area (Å²) in [6.45, 7) is 2.10. The first-order chi connectivity index (χ1) is 8.99. The van der Waals surface area contributed by atoms with Crippen LogP contribution < -0.4 is 5.32 Å². The fourth-order valence-electron chi connectivity index (χ4n) is 1.68. The molecule has 0 aliphatic carbocycles. The number of aromatic nitrogens is 1. The Labute approximate surface area is 125 Å². The number of nitrogens with zero attached hydrogens (tertiary/aromatic N) is 1. The molecular weight excluding hydrogens is 310 g/mol. The third-order valence-electron chi connectivity index (χ3n) is 2.63. The second kappa shape index (κ2) is 5.95. The maximum atomic E-state index is 13.7. The molecule has 0 bridgehead atoms. The lowest BCUT2D eigenvalue weighted by Crippen LogP contribution is -2.04. The molecule has 2 rings (SSSR count). The monoisotopic (exact) mass is 318 g/mol. The van der Waals surface area contributed by atoms with Gasteiger partial charge in [-0.05, 0) is 24.6 Å². The first kappa shape index (κ1) is 14.4. The minimum absolute atomic E-state index is 0.0938. The Morgan fingerprint density at radius 3 is 2.68 bits per heavy atom. The Hall–Kier alpha value is -1.03. The van der Waals surface area contributed by atoms with Crippen LogP contribution in [0.4, 0.5) is 10.1 Å². The van der Waals surface area contributed by atoms with E-state index < -0.39 is 5.82 Å². The number of benzene rings is 1. The maximum absolute atomic E-state index is 13.7. The van der Waals surface area contributed by atoms with E-state index in [0.29, 0.717) is 16.4 Å². The van der Waals surface area contributed by atoms with Crippen LogP contribution >= 0.6 is 34.8 Å². The van der Waals surface area contributed by atoms with Crippen LogP contribution in [0.3, 0.4) is 0 Å². The van der Waals surface area contributed by atoms with Crippen molar-refractivity contribution < 1.29 is 4.39 Å². The number of hydrogen-bond donors (Lipinski definition) is 1. The lowest BCUT2D eigenvalue weighted by Gasteiger charge is -2.12. The van der Waals surface area contributed by atoms with Crippen LogP contribution in [-0.2, 0) is 6.54 Å². The Morgan fingerprint density at radius 1 is 1.26 bits per heavy atom. The maximum Gasteiger partial charge on any atom is 0.154 e. The van der Waals surface area contributed by atoms with E-state index in [2.05, 4.69) is 10.3 Å². The Bertz CT molecular complexity index is 594. The van der Waals surface area contributed by atoms with E-state index in [-0.39, 0.29) is 16.7 Å². The molecule has 0 unspecified atom stereocenters. The third kappa shape index (κ3) is 3.30. The van der Waals surface area contributed by atoms with Crippen molar-refractivity contribution in [1.82, 2.24) is 4.98 Å². The van der Waals surface area contributed by atoms with Gasteiger partial charge in [-0.3, -0.25) is 0 Å². The van der Waals surface area contributed by atoms with Crippen molar-refractivity contribution in [3.8, 4) is 0 Å². The Morgan fingerprint density at radius 2 is 2.00 bits per heavy atom. The highest BCUT2D eigenvalue weighted by Crippen LogP contribution is 2.27. The fraction of sp³-hybridized carbons (Fsp3) is 0.154. The lowest BCUT2D eigenvalue weighted by atomic mass is 10.2. The van der Waals surface area contributed by atoms with Crippen molar-refractivity contribution in [3.63, 3.8) is 0 Å². The second-order valence-corrected chi connectivity index (χ2v) is 5.15. The van der Waals surface area contributed by atoms with Crippen molar-refractivity contribution in [1.29, 1.82) is 0 Å². The minimum atomic E-state index is -0.438. The molecule has 1 N–H and O–H groups in total. The van der Waals surface area contributed by atoms with Crippen molar-refractivity contribution in [2.45, 2.75) is 13.5 Å². The molecule has 0 fully saturated rings. The molecule has 2 nitrogen and oxygen atoms in total. The highest BCUT2D eigenvalue weighted by molar-refractivity contribution is 6.34. The zero-order chi connectivity index (χ0) is 14.0. The van der Waals surface area contributed by atoms with Gasteiger partial charge in [-0.15, -0.1) is 0 Å². The minimum Gasteiger partial charge on any atom is -0.378 e. The number of pyridine rings is 1. The van der Waals surface area contributed by atoms with E-state index in [1.807, 2.05) is 6.92 Å². The van der Waals surface area contributed by atoms with Crippen molar-refractivity contribution in [2.75, 3.05) is 5.32 Å². The summed E-state index contributed by atoms with van der Waals surface area (Å²) < 4.78 is 13.7. The predicted octanol–water partition coefficient (Wildman–Crippen LogP) is 5.10. The van der Waals surface area contributed by atoms with Gasteiger partial charge in [-0.2, -0.15) is 0 Å². The van der Waals surface area contributed by atoms with E-state index >= 15 is 0 Å². The van der Waals surface area contributed by atoms with Crippen LogP contribution in [0.25, 0.3) is 0 Å². The summed E-state index contributed by atoms with van der Waals surface area (Å²) >= 11 is 17.5. The predicted molar refractivity (Wildman–Crippen MR) is 77.7 cm³/mol. The zero-order valence-electron chi connectivity index (χ0n) is 9.98. The van der Waals surface area contributed by atoms with Gasteiger partial charge in [0.25, 0.3) is 0 Å². The Balaban J connectivity index is 2.22. The molecule has 2 aromatic rings. The summed E-state index contributed by atoms with van der Waals surface area (Å²) in [4.78, 5) is 3.94. The summed E-state index contributed by atoms with van der Waals surface area (Å²) in [5, 5.41) is 3.71. The van der Waals surface area contributed by atoms with Gasteiger partial charge in [0.05, 0.1) is 10.7 Å². The molecule has 6 heteroatoms. The summed E-state index contributed by atoms with van der Waals surface area (Å²) in [7, 11) is 0. The van der Waals surface area contributed by atoms with Crippen molar-refractivity contribution in [2.24, 2.45) is 0 Å². The largest absolute Gasteiger partial charge is 0.378 e. The highest BCUT2D eigenvalue weighted by Gasteiger charge is 2.10. The Kier molecular flexibility index (Phi) is 4.50. The van der Waals surface area contributed by atoms with Crippen LogP contribution in [0.5, 0.6) is 0 Å². The van der Waals surface area contributed by atoms with E-state index in [1.54, 1.807) is 18.2 Å². The summed E-state index contributed by atoms with van der Waals surface area (Å²) in [5.74, 6) is -0.438. The van der Waals surface area contributed by atoms with Gasteiger partial charge in [0.1, 0.15) is 11.0 Å². The summed E-state index contributed by atoms with van der Waals surface area (Å²) in [5.41, 5.74) is 1.93. The quantitative estimate of drug-likeness (QED) is 0.796.